The Morgan fingerprint density at radius 3 is 2.34 bits per heavy atom. The minimum Gasteiger partial charge on any atom is -0.493 e. The van der Waals surface area contributed by atoms with E-state index in [0.717, 1.165) is 61.6 Å². The zero-order valence-corrected chi connectivity index (χ0v) is 21.6. The first kappa shape index (κ1) is 28.6. The molecule has 4 N–H and O–H groups in total. The summed E-state index contributed by atoms with van der Waals surface area (Å²) in [5.41, 5.74) is 15.0. The van der Waals surface area contributed by atoms with Gasteiger partial charge in [0.05, 0.1) is 6.61 Å². The van der Waals surface area contributed by atoms with Crippen molar-refractivity contribution in [1.29, 1.82) is 0 Å². The van der Waals surface area contributed by atoms with E-state index in [1.54, 1.807) is 7.11 Å². The number of ether oxygens (including phenoxy) is 2. The average molecular weight is 504 g/mol. The fourth-order valence-electron chi connectivity index (χ4n) is 3.97. The van der Waals surface area contributed by atoms with Crippen molar-refractivity contribution in [1.82, 2.24) is 9.80 Å². The molecule has 2 aromatic rings. The minimum atomic E-state index is -0.331. The van der Waals surface area contributed by atoms with Gasteiger partial charge in [-0.2, -0.15) is 4.99 Å². The molecule has 1 aliphatic rings. The maximum atomic E-state index is 11.8. The number of rotatable bonds is 11. The SMILES string of the molecule is COCCCOc1cc(CCC(=O)N=C(N)N)ccc1-c1ccc(CN2CCN(C)CC2)cc1.Cl. The highest BCUT2D eigenvalue weighted by Gasteiger charge is 2.14. The van der Waals surface area contributed by atoms with Gasteiger partial charge in [-0.3, -0.25) is 9.69 Å². The highest BCUT2D eigenvalue weighted by atomic mass is 35.5. The van der Waals surface area contributed by atoms with Crippen LogP contribution in [0.3, 0.4) is 0 Å². The van der Waals surface area contributed by atoms with Crippen LogP contribution in [-0.4, -0.2) is 75.2 Å². The molecule has 0 saturated carbocycles. The topological polar surface area (TPSA) is 106 Å². The van der Waals surface area contributed by atoms with E-state index in [-0.39, 0.29) is 30.7 Å². The molecule has 1 aliphatic heterocycles. The van der Waals surface area contributed by atoms with Crippen molar-refractivity contribution < 1.29 is 14.3 Å². The smallest absolute Gasteiger partial charge is 0.249 e. The number of nitrogens with two attached hydrogens (primary N) is 2. The molecule has 9 heteroatoms. The molecule has 8 nitrogen and oxygen atoms in total. The lowest BCUT2D eigenvalue weighted by molar-refractivity contribution is -0.117. The lowest BCUT2D eigenvalue weighted by Crippen LogP contribution is -2.43. The summed E-state index contributed by atoms with van der Waals surface area (Å²) in [6, 6.07) is 14.8. The van der Waals surface area contributed by atoms with Crippen molar-refractivity contribution in [2.75, 3.05) is 53.6 Å². The largest absolute Gasteiger partial charge is 0.493 e. The van der Waals surface area contributed by atoms with E-state index >= 15 is 0 Å². The normalized spacial score (nSPS) is 14.2. The quantitative estimate of drug-likeness (QED) is 0.276. The van der Waals surface area contributed by atoms with E-state index < -0.39 is 0 Å². The third-order valence-electron chi connectivity index (χ3n) is 5.94. The van der Waals surface area contributed by atoms with Crippen LogP contribution in [0.15, 0.2) is 47.5 Å². The van der Waals surface area contributed by atoms with Crippen LogP contribution in [0.1, 0.15) is 24.0 Å². The summed E-state index contributed by atoms with van der Waals surface area (Å²) in [6.45, 7) is 6.60. The number of benzene rings is 2. The molecule has 3 rings (SSSR count). The molecule has 1 heterocycles. The highest BCUT2D eigenvalue weighted by Crippen LogP contribution is 2.32. The number of piperazine rings is 1. The second-order valence-electron chi connectivity index (χ2n) is 8.73. The molecule has 2 aromatic carbocycles. The van der Waals surface area contributed by atoms with E-state index in [1.165, 1.54) is 5.56 Å². The van der Waals surface area contributed by atoms with Gasteiger partial charge in [-0.25, -0.2) is 0 Å². The highest BCUT2D eigenvalue weighted by molar-refractivity contribution is 5.91. The fourth-order valence-corrected chi connectivity index (χ4v) is 3.97. The van der Waals surface area contributed by atoms with E-state index in [4.69, 9.17) is 20.9 Å². The van der Waals surface area contributed by atoms with Gasteiger partial charge in [0, 0.05) is 64.8 Å². The van der Waals surface area contributed by atoms with E-state index in [2.05, 4.69) is 52.2 Å². The molecule has 1 fully saturated rings. The Balaban J connectivity index is 0.00000432. The number of halogens is 1. The lowest BCUT2D eigenvalue weighted by Gasteiger charge is -2.32. The third-order valence-corrected chi connectivity index (χ3v) is 5.94. The second-order valence-corrected chi connectivity index (χ2v) is 8.73. The summed E-state index contributed by atoms with van der Waals surface area (Å²) >= 11 is 0. The maximum Gasteiger partial charge on any atom is 0.249 e. The van der Waals surface area contributed by atoms with Gasteiger partial charge in [0.2, 0.25) is 5.91 Å². The molecule has 1 saturated heterocycles. The molecule has 0 bridgehead atoms. The van der Waals surface area contributed by atoms with Gasteiger partial charge in [-0.05, 0) is 36.2 Å². The summed E-state index contributed by atoms with van der Waals surface area (Å²) in [6.07, 6.45) is 1.57. The van der Waals surface area contributed by atoms with Crippen LogP contribution in [0.5, 0.6) is 5.75 Å². The van der Waals surface area contributed by atoms with Gasteiger partial charge in [-0.15, -0.1) is 12.4 Å². The van der Waals surface area contributed by atoms with E-state index in [0.29, 0.717) is 19.6 Å². The minimum absolute atomic E-state index is 0. The van der Waals surface area contributed by atoms with Crippen molar-refractivity contribution in [3.05, 3.63) is 53.6 Å². The molecule has 0 spiro atoms. The number of carbonyl (C=O) groups is 1. The van der Waals surface area contributed by atoms with Crippen molar-refractivity contribution in [3.63, 3.8) is 0 Å². The molecule has 0 aromatic heterocycles. The van der Waals surface area contributed by atoms with Crippen LogP contribution >= 0.6 is 12.4 Å². The van der Waals surface area contributed by atoms with Crippen molar-refractivity contribution in [2.45, 2.75) is 25.8 Å². The van der Waals surface area contributed by atoms with Crippen molar-refractivity contribution in [3.8, 4) is 16.9 Å². The zero-order valence-electron chi connectivity index (χ0n) is 20.7. The molecule has 0 unspecified atom stereocenters. The van der Waals surface area contributed by atoms with Crippen LogP contribution in [0.25, 0.3) is 11.1 Å². The van der Waals surface area contributed by atoms with Crippen LogP contribution in [0.2, 0.25) is 0 Å². The molecule has 35 heavy (non-hydrogen) atoms. The number of aliphatic imine (C=N–C) groups is 1. The maximum absolute atomic E-state index is 11.8. The number of carbonyl (C=O) groups excluding carboxylic acids is 1. The summed E-state index contributed by atoms with van der Waals surface area (Å²) in [5, 5.41) is 0. The number of methoxy groups -OCH3 is 1. The molecule has 0 radical (unpaired) electrons. The number of amides is 1. The van der Waals surface area contributed by atoms with Crippen LogP contribution < -0.4 is 16.2 Å². The zero-order chi connectivity index (χ0) is 24.3. The number of hydrogen-bond donors (Lipinski definition) is 2. The third kappa shape index (κ3) is 9.49. The van der Waals surface area contributed by atoms with Crippen LogP contribution in [0.4, 0.5) is 0 Å². The number of likely N-dealkylation sites (N-methyl/N-ethyl adjacent to an activating group) is 1. The average Bonchev–Trinajstić information content (AvgIpc) is 2.82. The molecule has 192 valence electrons. The number of aryl methyl sites for hydroxylation is 1. The van der Waals surface area contributed by atoms with Gasteiger partial charge < -0.3 is 25.8 Å². The predicted molar refractivity (Wildman–Crippen MR) is 143 cm³/mol. The van der Waals surface area contributed by atoms with Crippen LogP contribution in [-0.2, 0) is 22.5 Å². The number of nitrogens with zero attached hydrogens (tertiary/aromatic N) is 3. The first-order valence-corrected chi connectivity index (χ1v) is 11.8. The fraction of sp³-hybridized carbons (Fsp3) is 0.462. The second kappa shape index (κ2) is 14.7. The Morgan fingerprint density at radius 1 is 1.00 bits per heavy atom. The predicted octanol–water partition coefficient (Wildman–Crippen LogP) is 2.67. The monoisotopic (exact) mass is 503 g/mol. The lowest BCUT2D eigenvalue weighted by atomic mass is 9.99. The Morgan fingerprint density at radius 2 is 1.69 bits per heavy atom. The summed E-state index contributed by atoms with van der Waals surface area (Å²) in [5.74, 6) is 0.260. The number of hydrogen-bond acceptors (Lipinski definition) is 5. The first-order valence-electron chi connectivity index (χ1n) is 11.8. The standard InChI is InChI=1S/C26H37N5O3.ClH/c1-30-12-14-31(15-13-30)19-21-4-8-22(9-5-21)23-10-6-20(7-11-25(32)29-26(27)28)18-24(23)34-17-3-16-33-2;/h4-6,8-10,18H,3,7,11-17,19H2,1-2H3,(H4,27,28,29,32);1H. The van der Waals surface area contributed by atoms with E-state index in [9.17, 15) is 4.79 Å². The van der Waals surface area contributed by atoms with E-state index in [1.807, 2.05) is 12.1 Å². The summed E-state index contributed by atoms with van der Waals surface area (Å²) in [4.78, 5) is 20.3. The van der Waals surface area contributed by atoms with Gasteiger partial charge >= 0.3 is 0 Å². The molecule has 0 atom stereocenters. The summed E-state index contributed by atoms with van der Waals surface area (Å²) < 4.78 is 11.3. The van der Waals surface area contributed by atoms with Gasteiger partial charge in [0.15, 0.2) is 5.96 Å². The Labute approximate surface area is 214 Å². The van der Waals surface area contributed by atoms with Gasteiger partial charge in [0.1, 0.15) is 5.75 Å². The first-order chi connectivity index (χ1) is 16.4. The molecule has 1 amide bonds. The van der Waals surface area contributed by atoms with Gasteiger partial charge in [-0.1, -0.05) is 36.4 Å². The van der Waals surface area contributed by atoms with Gasteiger partial charge in [0.25, 0.3) is 0 Å². The molecule has 0 aliphatic carbocycles. The van der Waals surface area contributed by atoms with Crippen molar-refractivity contribution in [2.24, 2.45) is 16.5 Å². The Kier molecular flexibility index (Phi) is 12.0. The molecular formula is C26H38ClN5O3. The Bertz CT molecular complexity index is 956. The number of guanidine groups is 1. The molecular weight excluding hydrogens is 466 g/mol. The summed E-state index contributed by atoms with van der Waals surface area (Å²) in [7, 11) is 3.86. The van der Waals surface area contributed by atoms with Crippen LogP contribution in [0, 0.1) is 0 Å². The van der Waals surface area contributed by atoms with Crippen molar-refractivity contribution >= 4 is 24.3 Å². The Hall–Kier alpha value is -2.65.